The molecule has 1 aliphatic heterocycles. The molecule has 158 valence electrons. The minimum atomic E-state index is 0.228. The molecule has 0 saturated carbocycles. The van der Waals surface area contributed by atoms with E-state index in [1.54, 1.807) is 12.1 Å². The van der Waals surface area contributed by atoms with E-state index in [2.05, 4.69) is 23.3 Å². The van der Waals surface area contributed by atoms with Gasteiger partial charge in [-0.25, -0.2) is 4.98 Å². The Hall–Kier alpha value is -4.31. The van der Waals surface area contributed by atoms with Crippen LogP contribution in [0, 0.1) is 11.3 Å². The number of H-pyrrole nitrogens is 1. The van der Waals surface area contributed by atoms with Gasteiger partial charge >= 0.3 is 0 Å². The second-order valence-corrected chi connectivity index (χ2v) is 7.39. The predicted octanol–water partition coefficient (Wildman–Crippen LogP) is 4.91. The van der Waals surface area contributed by atoms with Crippen molar-refractivity contribution in [2.24, 2.45) is 0 Å². The van der Waals surface area contributed by atoms with Crippen molar-refractivity contribution < 1.29 is 9.47 Å². The average molecular weight is 423 g/mol. The van der Waals surface area contributed by atoms with Crippen molar-refractivity contribution in [1.29, 1.82) is 5.26 Å². The van der Waals surface area contributed by atoms with E-state index < -0.39 is 0 Å². The second kappa shape index (κ2) is 8.44. The van der Waals surface area contributed by atoms with Gasteiger partial charge in [0.15, 0.2) is 11.5 Å². The smallest absolute Gasteiger partial charge is 0.231 e. The molecule has 2 N–H and O–H groups in total. The zero-order chi connectivity index (χ0) is 21.9. The Bertz CT molecular complexity index is 1300. The van der Waals surface area contributed by atoms with Crippen LogP contribution in [0.25, 0.3) is 22.6 Å². The largest absolute Gasteiger partial charge is 0.454 e. The predicted molar refractivity (Wildman–Crippen MR) is 121 cm³/mol. The number of ether oxygens (including phenoxy) is 2. The standard InChI is InChI=1S/C25H21N5O2/c1-2-18-4-3-5-20(28-18)25-24(17-8-11-21-22(12-17)32-15-31-21)29-23(30-25)14-27-19-9-6-16(13-26)7-10-19/h3-12,27H,2,14-15H2,1H3,(H,29,30). The molecule has 0 unspecified atom stereocenters. The lowest BCUT2D eigenvalue weighted by atomic mass is 10.1. The number of benzene rings is 2. The van der Waals surface area contributed by atoms with Crippen LogP contribution in [0.1, 0.15) is 24.0 Å². The van der Waals surface area contributed by atoms with Gasteiger partial charge in [0.1, 0.15) is 5.82 Å². The third kappa shape index (κ3) is 3.86. The zero-order valence-electron chi connectivity index (χ0n) is 17.6. The first kappa shape index (κ1) is 19.6. The average Bonchev–Trinajstić information content (AvgIpc) is 3.49. The van der Waals surface area contributed by atoms with Gasteiger partial charge in [-0.05, 0) is 61.0 Å². The molecule has 0 aliphatic carbocycles. The van der Waals surface area contributed by atoms with E-state index >= 15 is 0 Å². The molecule has 2 aromatic carbocycles. The molecule has 5 rings (SSSR count). The number of rotatable bonds is 6. The number of hydrogen-bond acceptors (Lipinski definition) is 6. The normalized spacial score (nSPS) is 11.9. The lowest BCUT2D eigenvalue weighted by molar-refractivity contribution is 0.174. The number of nitriles is 1. The molecular formula is C25H21N5O2. The maximum absolute atomic E-state index is 8.97. The van der Waals surface area contributed by atoms with Crippen LogP contribution in [0.3, 0.4) is 0 Å². The molecule has 7 heteroatoms. The van der Waals surface area contributed by atoms with E-state index in [1.165, 1.54) is 0 Å². The number of nitrogens with zero attached hydrogens (tertiary/aromatic N) is 3. The number of anilines is 1. The summed E-state index contributed by atoms with van der Waals surface area (Å²) in [6.45, 7) is 2.81. The van der Waals surface area contributed by atoms with E-state index in [0.717, 1.165) is 52.0 Å². The molecule has 2 aromatic heterocycles. The van der Waals surface area contributed by atoms with Gasteiger partial charge in [0.25, 0.3) is 0 Å². The summed E-state index contributed by atoms with van der Waals surface area (Å²) in [4.78, 5) is 13.1. The van der Waals surface area contributed by atoms with Gasteiger partial charge in [0.05, 0.1) is 35.3 Å². The molecule has 0 bridgehead atoms. The van der Waals surface area contributed by atoms with Crippen molar-refractivity contribution >= 4 is 5.69 Å². The van der Waals surface area contributed by atoms with Crippen LogP contribution in [0.2, 0.25) is 0 Å². The monoisotopic (exact) mass is 423 g/mol. The van der Waals surface area contributed by atoms with Crippen LogP contribution in [-0.4, -0.2) is 21.7 Å². The maximum Gasteiger partial charge on any atom is 0.231 e. The number of pyridine rings is 1. The fraction of sp³-hybridized carbons (Fsp3) is 0.160. The third-order valence-electron chi connectivity index (χ3n) is 5.30. The van der Waals surface area contributed by atoms with Crippen LogP contribution < -0.4 is 14.8 Å². The highest BCUT2D eigenvalue weighted by molar-refractivity contribution is 5.78. The number of hydrogen-bond donors (Lipinski definition) is 2. The van der Waals surface area contributed by atoms with Crippen LogP contribution in [0.5, 0.6) is 11.5 Å². The Morgan fingerprint density at radius 1 is 1.03 bits per heavy atom. The van der Waals surface area contributed by atoms with Crippen molar-refractivity contribution in [3.63, 3.8) is 0 Å². The summed E-state index contributed by atoms with van der Waals surface area (Å²) in [6.07, 6.45) is 0.856. The van der Waals surface area contributed by atoms with E-state index in [-0.39, 0.29) is 6.79 Å². The molecule has 3 heterocycles. The molecule has 7 nitrogen and oxygen atoms in total. The van der Waals surface area contributed by atoms with Crippen LogP contribution in [0.4, 0.5) is 5.69 Å². The SMILES string of the molecule is CCc1cccc(-c2[nH]c(CNc3ccc(C#N)cc3)nc2-c2ccc3c(c2)OCO3)n1. The first-order valence-electron chi connectivity index (χ1n) is 10.4. The van der Waals surface area contributed by atoms with E-state index in [0.29, 0.717) is 17.9 Å². The topological polar surface area (TPSA) is 95.9 Å². The van der Waals surface area contributed by atoms with Gasteiger partial charge in [0.2, 0.25) is 6.79 Å². The second-order valence-electron chi connectivity index (χ2n) is 7.39. The Morgan fingerprint density at radius 3 is 2.69 bits per heavy atom. The molecule has 4 aromatic rings. The van der Waals surface area contributed by atoms with Crippen LogP contribution in [0.15, 0.2) is 60.7 Å². The van der Waals surface area contributed by atoms with Crippen LogP contribution in [-0.2, 0) is 13.0 Å². The van der Waals surface area contributed by atoms with Gasteiger partial charge in [0, 0.05) is 16.9 Å². The minimum Gasteiger partial charge on any atom is -0.454 e. The first-order valence-corrected chi connectivity index (χ1v) is 10.4. The molecule has 0 fully saturated rings. The summed E-state index contributed by atoms with van der Waals surface area (Å²) in [5, 5.41) is 12.3. The van der Waals surface area contributed by atoms with Crippen molar-refractivity contribution in [3.8, 4) is 40.2 Å². The van der Waals surface area contributed by atoms with Crippen molar-refractivity contribution in [3.05, 3.63) is 77.7 Å². The van der Waals surface area contributed by atoms with Gasteiger partial charge < -0.3 is 19.8 Å². The molecule has 0 radical (unpaired) electrons. The van der Waals surface area contributed by atoms with Gasteiger partial charge in [-0.1, -0.05) is 13.0 Å². The Morgan fingerprint density at radius 2 is 1.88 bits per heavy atom. The fourth-order valence-corrected chi connectivity index (χ4v) is 3.61. The Kier molecular flexibility index (Phi) is 5.18. The molecule has 32 heavy (non-hydrogen) atoms. The fourth-order valence-electron chi connectivity index (χ4n) is 3.61. The van der Waals surface area contributed by atoms with Crippen molar-refractivity contribution in [2.75, 3.05) is 12.1 Å². The number of aromatic amines is 1. The quantitative estimate of drug-likeness (QED) is 0.457. The molecule has 0 atom stereocenters. The third-order valence-corrected chi connectivity index (χ3v) is 5.30. The summed E-state index contributed by atoms with van der Waals surface area (Å²) in [5.74, 6) is 2.23. The molecule has 0 spiro atoms. The summed E-state index contributed by atoms with van der Waals surface area (Å²) in [6, 6.07) is 21.3. The van der Waals surface area contributed by atoms with E-state index in [9.17, 15) is 0 Å². The van der Waals surface area contributed by atoms with Crippen molar-refractivity contribution in [1.82, 2.24) is 15.0 Å². The minimum absolute atomic E-state index is 0.228. The van der Waals surface area contributed by atoms with Crippen LogP contribution >= 0.6 is 0 Å². The summed E-state index contributed by atoms with van der Waals surface area (Å²) in [5.41, 5.74) is 5.99. The van der Waals surface area contributed by atoms with E-state index in [1.807, 2.05) is 48.5 Å². The number of fused-ring (bicyclic) bond motifs is 1. The van der Waals surface area contributed by atoms with Gasteiger partial charge in [-0.3, -0.25) is 4.98 Å². The zero-order valence-corrected chi connectivity index (χ0v) is 17.6. The highest BCUT2D eigenvalue weighted by atomic mass is 16.7. The molecule has 0 amide bonds. The van der Waals surface area contributed by atoms with E-state index in [4.69, 9.17) is 24.7 Å². The summed E-state index contributed by atoms with van der Waals surface area (Å²) < 4.78 is 11.0. The maximum atomic E-state index is 8.97. The van der Waals surface area contributed by atoms with Crippen molar-refractivity contribution in [2.45, 2.75) is 19.9 Å². The summed E-state index contributed by atoms with van der Waals surface area (Å²) in [7, 11) is 0. The number of aryl methyl sites for hydroxylation is 1. The highest BCUT2D eigenvalue weighted by Crippen LogP contribution is 2.38. The highest BCUT2D eigenvalue weighted by Gasteiger charge is 2.19. The lowest BCUT2D eigenvalue weighted by Gasteiger charge is -2.05. The molecule has 0 saturated heterocycles. The Labute approximate surface area is 185 Å². The lowest BCUT2D eigenvalue weighted by Crippen LogP contribution is -2.01. The molecule has 1 aliphatic rings. The number of aromatic nitrogens is 3. The van der Waals surface area contributed by atoms with Gasteiger partial charge in [-0.15, -0.1) is 0 Å². The first-order chi connectivity index (χ1) is 15.7. The van der Waals surface area contributed by atoms with Gasteiger partial charge in [-0.2, -0.15) is 5.26 Å². The molecular weight excluding hydrogens is 402 g/mol. The number of imidazole rings is 1. The summed E-state index contributed by atoms with van der Waals surface area (Å²) >= 11 is 0. The number of nitrogens with one attached hydrogen (secondary N) is 2. The Balaban J connectivity index is 1.50.